The van der Waals surface area contributed by atoms with Gasteiger partial charge >= 0.3 is 0 Å². The molecule has 0 saturated carbocycles. The van der Waals surface area contributed by atoms with E-state index in [1.54, 1.807) is 0 Å². The molecule has 1 aliphatic heterocycles. The van der Waals surface area contributed by atoms with Gasteiger partial charge in [0.05, 0.1) is 0 Å². The Kier molecular flexibility index (Phi) is 4.17. The lowest BCUT2D eigenvalue weighted by atomic mass is 9.83. The third-order valence-corrected chi connectivity index (χ3v) is 5.35. The molecule has 3 aromatic rings. The number of Topliss-reactive ketones (excluding diaryl/α,β-unsaturated/α-hetero) is 1. The van der Waals surface area contributed by atoms with Gasteiger partial charge in [0.15, 0.2) is 0 Å². The second-order valence-electron chi connectivity index (χ2n) is 5.85. The van der Waals surface area contributed by atoms with Gasteiger partial charge in [0.1, 0.15) is 9.34 Å². The van der Waals surface area contributed by atoms with Crippen molar-refractivity contribution >= 4 is 34.1 Å². The summed E-state index contributed by atoms with van der Waals surface area (Å²) in [7, 11) is 0. The molecule has 0 aliphatic carbocycles. The highest BCUT2D eigenvalue weighted by molar-refractivity contribution is 14.1. The van der Waals surface area contributed by atoms with Gasteiger partial charge in [0.25, 0.3) is 0 Å². The van der Waals surface area contributed by atoms with Crippen molar-refractivity contribution in [3.63, 3.8) is 0 Å². The van der Waals surface area contributed by atoms with E-state index in [0.717, 1.165) is 16.7 Å². The van der Waals surface area contributed by atoms with Gasteiger partial charge in [0, 0.05) is 16.7 Å². The zero-order valence-corrected chi connectivity index (χ0v) is 15.5. The van der Waals surface area contributed by atoms with Gasteiger partial charge in [-0.2, -0.15) is 0 Å². The maximum absolute atomic E-state index is 13.4. The highest BCUT2D eigenvalue weighted by Crippen LogP contribution is 2.48. The molecule has 1 aliphatic rings. The Morgan fingerprint density at radius 2 is 1.12 bits per heavy atom. The average molecular weight is 438 g/mol. The molecule has 0 radical (unpaired) electrons. The van der Waals surface area contributed by atoms with Crippen LogP contribution in [-0.2, 0) is 15.1 Å². The van der Waals surface area contributed by atoms with Crippen LogP contribution in [0.3, 0.4) is 0 Å². The molecule has 0 N–H and O–H groups in total. The first kappa shape index (κ1) is 16.1. The SMILES string of the molecule is O=C1C(I)=C(c2ccccc2)OC1(c1ccccc1)c1ccccc1. The molecular formula is C22H15IO2. The number of halogens is 1. The summed E-state index contributed by atoms with van der Waals surface area (Å²) in [6.07, 6.45) is 0. The predicted octanol–water partition coefficient (Wildman–Crippen LogP) is 5.33. The molecular weight excluding hydrogens is 423 g/mol. The van der Waals surface area contributed by atoms with Crippen molar-refractivity contribution in [2.45, 2.75) is 5.60 Å². The molecule has 4 rings (SSSR count). The van der Waals surface area contributed by atoms with Crippen LogP contribution in [0, 0.1) is 0 Å². The monoisotopic (exact) mass is 438 g/mol. The van der Waals surface area contributed by atoms with Gasteiger partial charge in [-0.05, 0) is 22.6 Å². The fourth-order valence-electron chi connectivity index (χ4n) is 3.17. The first-order valence-electron chi connectivity index (χ1n) is 8.03. The van der Waals surface area contributed by atoms with Gasteiger partial charge in [-0.1, -0.05) is 91.0 Å². The molecule has 0 atom stereocenters. The normalized spacial score (nSPS) is 16.0. The minimum Gasteiger partial charge on any atom is -0.468 e. The molecule has 0 spiro atoms. The van der Waals surface area contributed by atoms with Crippen molar-refractivity contribution in [3.05, 3.63) is 111 Å². The number of carbonyl (C=O) groups excluding carboxylic acids is 1. The fraction of sp³-hybridized carbons (Fsp3) is 0.0455. The van der Waals surface area contributed by atoms with E-state index < -0.39 is 5.60 Å². The van der Waals surface area contributed by atoms with Gasteiger partial charge in [0.2, 0.25) is 11.4 Å². The van der Waals surface area contributed by atoms with Crippen LogP contribution in [0.4, 0.5) is 0 Å². The van der Waals surface area contributed by atoms with E-state index in [1.807, 2.05) is 91.0 Å². The molecule has 0 aromatic heterocycles. The molecule has 3 aromatic carbocycles. The van der Waals surface area contributed by atoms with Gasteiger partial charge in [-0.25, -0.2) is 0 Å². The van der Waals surface area contributed by atoms with Crippen molar-refractivity contribution in [1.82, 2.24) is 0 Å². The zero-order valence-electron chi connectivity index (χ0n) is 13.4. The van der Waals surface area contributed by atoms with Crippen LogP contribution < -0.4 is 0 Å². The number of hydrogen-bond acceptors (Lipinski definition) is 2. The van der Waals surface area contributed by atoms with Crippen molar-refractivity contribution in [3.8, 4) is 0 Å². The van der Waals surface area contributed by atoms with Crippen molar-refractivity contribution in [1.29, 1.82) is 0 Å². The summed E-state index contributed by atoms with van der Waals surface area (Å²) in [5, 5.41) is 0. The number of benzene rings is 3. The smallest absolute Gasteiger partial charge is 0.225 e. The van der Waals surface area contributed by atoms with Crippen LogP contribution in [0.25, 0.3) is 5.76 Å². The standard InChI is InChI=1S/C22H15IO2/c23-19-20(16-10-4-1-5-11-16)25-22(21(19)24,17-12-6-2-7-13-17)18-14-8-3-9-15-18/h1-15H. The Bertz CT molecular complexity index is 892. The van der Waals surface area contributed by atoms with Crippen LogP contribution in [0.15, 0.2) is 94.6 Å². The summed E-state index contributed by atoms with van der Waals surface area (Å²) >= 11 is 2.11. The van der Waals surface area contributed by atoms with Crippen LogP contribution in [0.5, 0.6) is 0 Å². The lowest BCUT2D eigenvalue weighted by Gasteiger charge is -2.29. The molecule has 25 heavy (non-hydrogen) atoms. The number of carbonyl (C=O) groups is 1. The highest BCUT2D eigenvalue weighted by atomic mass is 127. The van der Waals surface area contributed by atoms with Crippen LogP contribution in [-0.4, -0.2) is 5.78 Å². The zero-order chi connectivity index (χ0) is 17.3. The Morgan fingerprint density at radius 3 is 1.60 bits per heavy atom. The Hall–Kier alpha value is -2.40. The number of hydrogen-bond donors (Lipinski definition) is 0. The van der Waals surface area contributed by atoms with Gasteiger partial charge < -0.3 is 4.74 Å². The minimum atomic E-state index is -1.13. The number of rotatable bonds is 3. The van der Waals surface area contributed by atoms with E-state index in [2.05, 4.69) is 22.6 Å². The first-order chi connectivity index (χ1) is 12.2. The molecule has 0 saturated heterocycles. The average Bonchev–Trinajstić information content (AvgIpc) is 2.96. The summed E-state index contributed by atoms with van der Waals surface area (Å²) < 4.78 is 7.08. The van der Waals surface area contributed by atoms with Crippen LogP contribution in [0.1, 0.15) is 16.7 Å². The predicted molar refractivity (Wildman–Crippen MR) is 107 cm³/mol. The van der Waals surface area contributed by atoms with Crippen molar-refractivity contribution < 1.29 is 9.53 Å². The quantitative estimate of drug-likeness (QED) is 0.517. The van der Waals surface area contributed by atoms with E-state index in [1.165, 1.54) is 0 Å². The highest BCUT2D eigenvalue weighted by Gasteiger charge is 2.51. The maximum Gasteiger partial charge on any atom is 0.225 e. The summed E-state index contributed by atoms with van der Waals surface area (Å²) in [5.41, 5.74) is 1.45. The van der Waals surface area contributed by atoms with Crippen molar-refractivity contribution in [2.75, 3.05) is 0 Å². The Morgan fingerprint density at radius 1 is 0.680 bits per heavy atom. The molecule has 0 amide bonds. The molecule has 122 valence electrons. The second kappa shape index (κ2) is 6.48. The lowest BCUT2D eigenvalue weighted by molar-refractivity contribution is -0.126. The Labute approximate surface area is 160 Å². The van der Waals surface area contributed by atoms with E-state index in [9.17, 15) is 4.79 Å². The third-order valence-electron chi connectivity index (χ3n) is 4.37. The summed E-state index contributed by atoms with van der Waals surface area (Å²) in [6, 6.07) is 29.2. The van der Waals surface area contributed by atoms with Gasteiger partial charge in [-0.3, -0.25) is 4.79 Å². The Balaban J connectivity index is 1.92. The number of ketones is 1. The summed E-state index contributed by atoms with van der Waals surface area (Å²) in [6.45, 7) is 0. The van der Waals surface area contributed by atoms with Crippen LogP contribution >= 0.6 is 22.6 Å². The van der Waals surface area contributed by atoms with E-state index in [4.69, 9.17) is 4.74 Å². The van der Waals surface area contributed by atoms with Gasteiger partial charge in [-0.15, -0.1) is 0 Å². The van der Waals surface area contributed by atoms with E-state index in [-0.39, 0.29) is 5.78 Å². The molecule has 2 nitrogen and oxygen atoms in total. The largest absolute Gasteiger partial charge is 0.468 e. The van der Waals surface area contributed by atoms with Crippen LogP contribution in [0.2, 0.25) is 0 Å². The lowest BCUT2D eigenvalue weighted by Crippen LogP contribution is -2.35. The fourth-order valence-corrected chi connectivity index (χ4v) is 3.97. The summed E-state index contributed by atoms with van der Waals surface area (Å²) in [5.74, 6) is 0.614. The van der Waals surface area contributed by atoms with E-state index >= 15 is 0 Å². The third kappa shape index (κ3) is 2.59. The molecule has 1 heterocycles. The molecule has 0 bridgehead atoms. The topological polar surface area (TPSA) is 26.3 Å². The van der Waals surface area contributed by atoms with Crippen molar-refractivity contribution in [2.24, 2.45) is 0 Å². The number of ether oxygens (including phenoxy) is 1. The molecule has 0 fully saturated rings. The molecule has 0 unspecified atom stereocenters. The maximum atomic E-state index is 13.4. The van der Waals surface area contributed by atoms with E-state index in [0.29, 0.717) is 9.34 Å². The minimum absolute atomic E-state index is 0.0237. The second-order valence-corrected chi connectivity index (χ2v) is 6.93. The first-order valence-corrected chi connectivity index (χ1v) is 9.11. The molecule has 3 heteroatoms. The summed E-state index contributed by atoms with van der Waals surface area (Å²) in [4.78, 5) is 13.4.